The van der Waals surface area contributed by atoms with E-state index in [4.69, 9.17) is 9.47 Å². The number of ketones is 1. The smallest absolute Gasteiger partial charge is 0.295 e. The third kappa shape index (κ3) is 4.18. The molecule has 152 valence electrons. The number of hydrogen-bond donors (Lipinski definition) is 1. The minimum Gasteiger partial charge on any atom is -0.507 e. The minimum absolute atomic E-state index is 0.0168. The first kappa shape index (κ1) is 21.0. The Hall–Kier alpha value is -2.71. The summed E-state index contributed by atoms with van der Waals surface area (Å²) in [6.07, 6.45) is 2.15. The molecule has 1 aliphatic rings. The quantitative estimate of drug-likeness (QED) is 0.295. The highest BCUT2D eigenvalue weighted by molar-refractivity contribution is 9.10. The molecule has 1 amide bonds. The Morgan fingerprint density at radius 2 is 2.03 bits per heavy atom. The number of methoxy groups -OCH3 is 2. The fraction of sp³-hybridized carbons (Fsp3) is 0.286. The van der Waals surface area contributed by atoms with Gasteiger partial charge in [-0.05, 0) is 52.7 Å². The lowest BCUT2D eigenvalue weighted by Crippen LogP contribution is -2.31. The minimum atomic E-state index is -0.770. The van der Waals surface area contributed by atoms with Gasteiger partial charge in [-0.2, -0.15) is 0 Å². The second-order valence-corrected chi connectivity index (χ2v) is 7.30. The van der Waals surface area contributed by atoms with Crippen LogP contribution in [-0.4, -0.2) is 54.1 Å². The number of amides is 1. The predicted octanol–water partition coefficient (Wildman–Crippen LogP) is 3.31. The number of carbonyl (C=O) groups excluding carboxylic acids is 2. The number of nitrogens with zero attached hydrogens (tertiary/aromatic N) is 2. The topological polar surface area (TPSA) is 89.0 Å². The van der Waals surface area contributed by atoms with E-state index in [0.29, 0.717) is 41.1 Å². The third-order valence-electron chi connectivity index (χ3n) is 4.68. The van der Waals surface area contributed by atoms with Gasteiger partial charge in [-0.25, -0.2) is 0 Å². The van der Waals surface area contributed by atoms with E-state index < -0.39 is 17.7 Å². The third-order valence-corrected chi connectivity index (χ3v) is 5.30. The normalized spacial score (nSPS) is 18.3. The van der Waals surface area contributed by atoms with Crippen molar-refractivity contribution in [3.63, 3.8) is 0 Å². The number of likely N-dealkylation sites (tertiary alicyclic amines) is 1. The molecule has 29 heavy (non-hydrogen) atoms. The van der Waals surface area contributed by atoms with Crippen molar-refractivity contribution >= 4 is 33.4 Å². The average Bonchev–Trinajstić information content (AvgIpc) is 2.99. The van der Waals surface area contributed by atoms with Crippen LogP contribution in [0.25, 0.3) is 5.76 Å². The Labute approximate surface area is 177 Å². The van der Waals surface area contributed by atoms with E-state index in [1.165, 1.54) is 12.0 Å². The number of benzene rings is 1. The van der Waals surface area contributed by atoms with Gasteiger partial charge in [0.25, 0.3) is 11.7 Å². The summed E-state index contributed by atoms with van der Waals surface area (Å²) in [5, 5.41) is 11.0. The maximum absolute atomic E-state index is 12.9. The molecule has 1 N–H and O–H groups in total. The van der Waals surface area contributed by atoms with Crippen LogP contribution in [0.4, 0.5) is 0 Å². The summed E-state index contributed by atoms with van der Waals surface area (Å²) in [6, 6.07) is 9.44. The van der Waals surface area contributed by atoms with Crippen LogP contribution in [0.15, 0.2) is 52.6 Å². The highest BCUT2D eigenvalue weighted by Gasteiger charge is 2.46. The van der Waals surface area contributed by atoms with E-state index in [2.05, 4.69) is 20.9 Å². The Bertz CT molecular complexity index is 945. The molecule has 1 atom stereocenters. The van der Waals surface area contributed by atoms with Crippen LogP contribution < -0.4 is 4.74 Å². The van der Waals surface area contributed by atoms with E-state index in [0.717, 1.165) is 0 Å². The van der Waals surface area contributed by atoms with Crippen molar-refractivity contribution in [1.29, 1.82) is 0 Å². The number of carbonyl (C=O) groups is 2. The molecule has 2 heterocycles. The number of halogens is 1. The van der Waals surface area contributed by atoms with E-state index >= 15 is 0 Å². The zero-order valence-corrected chi connectivity index (χ0v) is 17.7. The van der Waals surface area contributed by atoms with E-state index in [-0.39, 0.29) is 11.3 Å². The molecule has 1 fully saturated rings. The summed E-state index contributed by atoms with van der Waals surface area (Å²) in [4.78, 5) is 31.3. The molecule has 0 aliphatic carbocycles. The summed E-state index contributed by atoms with van der Waals surface area (Å²) in [5.74, 6) is -1.06. The van der Waals surface area contributed by atoms with Crippen molar-refractivity contribution in [2.24, 2.45) is 0 Å². The summed E-state index contributed by atoms with van der Waals surface area (Å²) in [5.41, 5.74) is 0.926. The number of pyridine rings is 1. The molecule has 0 radical (unpaired) electrons. The first-order chi connectivity index (χ1) is 14.0. The predicted molar refractivity (Wildman–Crippen MR) is 110 cm³/mol. The molecule has 1 aromatic carbocycles. The van der Waals surface area contributed by atoms with Crippen LogP contribution >= 0.6 is 15.9 Å². The summed E-state index contributed by atoms with van der Waals surface area (Å²) >= 11 is 3.38. The van der Waals surface area contributed by atoms with Gasteiger partial charge < -0.3 is 19.5 Å². The van der Waals surface area contributed by atoms with Crippen LogP contribution in [0.2, 0.25) is 0 Å². The highest BCUT2D eigenvalue weighted by Crippen LogP contribution is 2.39. The molecule has 0 bridgehead atoms. The number of aliphatic hydroxyl groups excluding tert-OH is 1. The summed E-state index contributed by atoms with van der Waals surface area (Å²) in [7, 11) is 3.11. The van der Waals surface area contributed by atoms with Crippen molar-refractivity contribution < 1.29 is 24.2 Å². The van der Waals surface area contributed by atoms with Crippen molar-refractivity contribution in [2.45, 2.75) is 12.5 Å². The molecular formula is C21H21BrN2O5. The van der Waals surface area contributed by atoms with Gasteiger partial charge >= 0.3 is 0 Å². The van der Waals surface area contributed by atoms with Crippen molar-refractivity contribution in [1.82, 2.24) is 9.88 Å². The number of Topliss-reactive ketones (excluding diaryl/α,β-unsaturated/α-hetero) is 1. The molecule has 2 aromatic rings. The van der Waals surface area contributed by atoms with Gasteiger partial charge in [-0.15, -0.1) is 0 Å². The molecule has 0 spiro atoms. The Morgan fingerprint density at radius 3 is 2.66 bits per heavy atom. The second-order valence-electron chi connectivity index (χ2n) is 6.44. The molecule has 3 rings (SSSR count). The molecule has 1 saturated heterocycles. The maximum Gasteiger partial charge on any atom is 0.295 e. The van der Waals surface area contributed by atoms with Gasteiger partial charge in [0.15, 0.2) is 0 Å². The lowest BCUT2D eigenvalue weighted by Gasteiger charge is -2.24. The molecule has 1 aliphatic heterocycles. The number of hydrogen-bond acceptors (Lipinski definition) is 6. The Balaban J connectivity index is 2.11. The molecule has 1 unspecified atom stereocenters. The zero-order chi connectivity index (χ0) is 21.0. The summed E-state index contributed by atoms with van der Waals surface area (Å²) < 4.78 is 10.9. The monoisotopic (exact) mass is 460 g/mol. The van der Waals surface area contributed by atoms with Crippen LogP contribution in [0.5, 0.6) is 5.75 Å². The second kappa shape index (κ2) is 9.19. The fourth-order valence-electron chi connectivity index (χ4n) is 3.30. The van der Waals surface area contributed by atoms with Gasteiger partial charge in [0, 0.05) is 32.0 Å². The lowest BCUT2D eigenvalue weighted by atomic mass is 9.98. The van der Waals surface area contributed by atoms with Crippen molar-refractivity contribution in [2.75, 3.05) is 27.4 Å². The van der Waals surface area contributed by atoms with Crippen LogP contribution in [0.3, 0.4) is 0 Å². The van der Waals surface area contributed by atoms with Crippen LogP contribution in [-0.2, 0) is 14.3 Å². The van der Waals surface area contributed by atoms with Crippen LogP contribution in [0.1, 0.15) is 23.7 Å². The molecule has 7 nitrogen and oxygen atoms in total. The molecular weight excluding hydrogens is 440 g/mol. The zero-order valence-electron chi connectivity index (χ0n) is 16.1. The first-order valence-electron chi connectivity index (χ1n) is 9.01. The first-order valence-corrected chi connectivity index (χ1v) is 9.81. The van der Waals surface area contributed by atoms with E-state index in [9.17, 15) is 14.7 Å². The SMILES string of the molecule is COCCCN1C(=O)C(=O)/C(=C(\O)c2ccc(OC)c(Br)c2)C1c1ccccn1. The van der Waals surface area contributed by atoms with Crippen LogP contribution in [0, 0.1) is 0 Å². The number of ether oxygens (including phenoxy) is 2. The summed E-state index contributed by atoms with van der Waals surface area (Å²) in [6.45, 7) is 0.756. The lowest BCUT2D eigenvalue weighted by molar-refractivity contribution is -0.140. The van der Waals surface area contributed by atoms with Crippen molar-refractivity contribution in [3.05, 3.63) is 63.9 Å². The Kier molecular flexibility index (Phi) is 6.66. The van der Waals surface area contributed by atoms with Crippen molar-refractivity contribution in [3.8, 4) is 5.75 Å². The van der Waals surface area contributed by atoms with E-state index in [1.807, 2.05) is 0 Å². The molecule has 1 aromatic heterocycles. The van der Waals surface area contributed by atoms with E-state index in [1.54, 1.807) is 49.7 Å². The number of aliphatic hydroxyl groups is 1. The van der Waals surface area contributed by atoms with Gasteiger partial charge in [0.1, 0.15) is 17.6 Å². The van der Waals surface area contributed by atoms with Gasteiger partial charge in [-0.1, -0.05) is 6.07 Å². The van der Waals surface area contributed by atoms with Gasteiger partial charge in [0.05, 0.1) is 22.8 Å². The maximum atomic E-state index is 12.9. The van der Waals surface area contributed by atoms with Gasteiger partial charge in [0.2, 0.25) is 0 Å². The number of rotatable bonds is 7. The largest absolute Gasteiger partial charge is 0.507 e. The molecule has 0 saturated carbocycles. The molecule has 8 heteroatoms. The van der Waals surface area contributed by atoms with Gasteiger partial charge in [-0.3, -0.25) is 14.6 Å². The average molecular weight is 461 g/mol. The standard InChI is InChI=1S/C21H21BrN2O5/c1-28-11-5-10-24-18(15-6-3-4-9-23-15)17(20(26)21(24)27)19(25)13-7-8-16(29-2)14(22)12-13/h3-4,6-9,12,18,25H,5,10-11H2,1-2H3/b19-17-. The number of aromatic nitrogens is 1. The fourth-order valence-corrected chi connectivity index (χ4v) is 3.84. The highest BCUT2D eigenvalue weighted by atomic mass is 79.9. The Morgan fingerprint density at radius 1 is 1.24 bits per heavy atom.